The summed E-state index contributed by atoms with van der Waals surface area (Å²) in [4.78, 5) is 20.6. The lowest BCUT2D eigenvalue weighted by Gasteiger charge is -2.13. The number of aromatic nitrogens is 2. The quantitative estimate of drug-likeness (QED) is 0.365. The predicted molar refractivity (Wildman–Crippen MR) is 126 cm³/mol. The highest BCUT2D eigenvalue weighted by atomic mass is 32.1. The molecule has 2 aromatic carbocycles. The van der Waals surface area contributed by atoms with Crippen molar-refractivity contribution >= 4 is 33.7 Å². The second-order valence-electron chi connectivity index (χ2n) is 7.45. The van der Waals surface area contributed by atoms with Crippen LogP contribution in [0.25, 0.3) is 15.9 Å². The summed E-state index contributed by atoms with van der Waals surface area (Å²) < 4.78 is 6.87. The van der Waals surface area contributed by atoms with Crippen molar-refractivity contribution in [2.45, 2.75) is 25.7 Å². The molecule has 5 rings (SSSR count). The number of ether oxygens (including phenoxy) is 1. The molecule has 156 valence electrons. The number of aryl methyl sites for hydroxylation is 2. The molecule has 4 aromatic rings. The van der Waals surface area contributed by atoms with Gasteiger partial charge in [0.2, 0.25) is 5.95 Å². The fourth-order valence-corrected chi connectivity index (χ4v) is 5.21. The van der Waals surface area contributed by atoms with Gasteiger partial charge in [-0.1, -0.05) is 30.3 Å². The van der Waals surface area contributed by atoms with Crippen LogP contribution >= 0.6 is 11.3 Å². The zero-order valence-corrected chi connectivity index (χ0v) is 18.0. The standard InChI is InChI=1S/C24H22N4O2S/c1-30-18-13-11-17(12-14-18)28-23(29)21-19-9-5-6-10-20(19)31-22(21)26-24(28)27-25-15-16-7-3-2-4-8-16/h2-4,7-8,11-15H,5-6,9-10H2,1H3,(H,26,27). The molecule has 1 aliphatic rings. The Balaban J connectivity index is 1.64. The fraction of sp³-hybridized carbons (Fsp3) is 0.208. The average molecular weight is 431 g/mol. The summed E-state index contributed by atoms with van der Waals surface area (Å²) in [7, 11) is 1.62. The molecule has 0 radical (unpaired) electrons. The first-order valence-electron chi connectivity index (χ1n) is 10.3. The maximum atomic E-state index is 13.7. The van der Waals surface area contributed by atoms with Crippen molar-refractivity contribution in [2.24, 2.45) is 5.10 Å². The van der Waals surface area contributed by atoms with E-state index in [0.717, 1.165) is 40.8 Å². The van der Waals surface area contributed by atoms with E-state index in [1.807, 2.05) is 54.6 Å². The van der Waals surface area contributed by atoms with Crippen molar-refractivity contribution in [2.75, 3.05) is 12.5 Å². The van der Waals surface area contributed by atoms with Crippen LogP contribution in [-0.2, 0) is 12.8 Å². The number of methoxy groups -OCH3 is 1. The van der Waals surface area contributed by atoms with Crippen LogP contribution in [0.3, 0.4) is 0 Å². The maximum Gasteiger partial charge on any atom is 0.268 e. The van der Waals surface area contributed by atoms with Gasteiger partial charge < -0.3 is 4.74 Å². The van der Waals surface area contributed by atoms with Gasteiger partial charge in [0.05, 0.1) is 24.4 Å². The molecule has 7 heteroatoms. The predicted octanol–water partition coefficient (Wildman–Crippen LogP) is 4.78. The minimum Gasteiger partial charge on any atom is -0.497 e. The van der Waals surface area contributed by atoms with Crippen molar-refractivity contribution in [1.29, 1.82) is 0 Å². The lowest BCUT2D eigenvalue weighted by molar-refractivity contribution is 0.414. The molecule has 0 saturated carbocycles. The van der Waals surface area contributed by atoms with E-state index in [9.17, 15) is 4.79 Å². The van der Waals surface area contributed by atoms with Crippen molar-refractivity contribution < 1.29 is 4.74 Å². The molecule has 1 N–H and O–H groups in total. The largest absolute Gasteiger partial charge is 0.497 e. The number of nitrogens with zero attached hydrogens (tertiary/aromatic N) is 3. The van der Waals surface area contributed by atoms with Crippen LogP contribution in [0.4, 0.5) is 5.95 Å². The van der Waals surface area contributed by atoms with E-state index in [0.29, 0.717) is 11.6 Å². The Kier molecular flexibility index (Phi) is 5.26. The van der Waals surface area contributed by atoms with Gasteiger partial charge in [-0.25, -0.2) is 15.0 Å². The Hall–Kier alpha value is -3.45. The first-order valence-corrected chi connectivity index (χ1v) is 11.1. The molecule has 1 aliphatic carbocycles. The number of hydrazone groups is 1. The summed E-state index contributed by atoms with van der Waals surface area (Å²) in [6.45, 7) is 0. The Morgan fingerprint density at radius 3 is 2.65 bits per heavy atom. The third kappa shape index (κ3) is 3.72. The highest BCUT2D eigenvalue weighted by Crippen LogP contribution is 2.34. The Morgan fingerprint density at radius 1 is 1.10 bits per heavy atom. The second kappa shape index (κ2) is 8.35. The lowest BCUT2D eigenvalue weighted by atomic mass is 9.97. The second-order valence-corrected chi connectivity index (χ2v) is 8.53. The van der Waals surface area contributed by atoms with Gasteiger partial charge in [0.25, 0.3) is 5.56 Å². The van der Waals surface area contributed by atoms with Gasteiger partial charge in [-0.2, -0.15) is 5.10 Å². The van der Waals surface area contributed by atoms with Crippen molar-refractivity contribution in [3.63, 3.8) is 0 Å². The van der Waals surface area contributed by atoms with E-state index in [2.05, 4.69) is 10.5 Å². The normalized spacial score (nSPS) is 13.5. The first-order chi connectivity index (χ1) is 15.2. The van der Waals surface area contributed by atoms with Crippen LogP contribution in [-0.4, -0.2) is 22.9 Å². The molecular formula is C24H22N4O2S. The fourth-order valence-electron chi connectivity index (χ4n) is 3.95. The summed E-state index contributed by atoms with van der Waals surface area (Å²) in [6, 6.07) is 17.2. The van der Waals surface area contributed by atoms with Gasteiger partial charge in [0.15, 0.2) is 0 Å². The van der Waals surface area contributed by atoms with Crippen molar-refractivity contribution in [3.05, 3.63) is 81.0 Å². The summed E-state index contributed by atoms with van der Waals surface area (Å²) >= 11 is 1.63. The van der Waals surface area contributed by atoms with E-state index in [4.69, 9.17) is 9.72 Å². The molecule has 0 amide bonds. The zero-order chi connectivity index (χ0) is 21.2. The molecule has 2 heterocycles. The Morgan fingerprint density at radius 2 is 1.87 bits per heavy atom. The SMILES string of the molecule is COc1ccc(-n2c(NN=Cc3ccccc3)nc3sc4c(c3c2=O)CCCC4)cc1. The summed E-state index contributed by atoms with van der Waals surface area (Å²) in [5.41, 5.74) is 5.78. The van der Waals surface area contributed by atoms with E-state index < -0.39 is 0 Å². The molecule has 0 unspecified atom stereocenters. The van der Waals surface area contributed by atoms with E-state index >= 15 is 0 Å². The van der Waals surface area contributed by atoms with E-state index in [-0.39, 0.29) is 5.56 Å². The smallest absolute Gasteiger partial charge is 0.268 e. The molecule has 0 atom stereocenters. The van der Waals surface area contributed by atoms with Crippen LogP contribution in [0.5, 0.6) is 5.75 Å². The van der Waals surface area contributed by atoms with Gasteiger partial charge in [0.1, 0.15) is 10.6 Å². The topological polar surface area (TPSA) is 68.5 Å². The molecule has 0 fully saturated rings. The van der Waals surface area contributed by atoms with Crippen LogP contribution in [0.15, 0.2) is 64.5 Å². The molecule has 0 spiro atoms. The van der Waals surface area contributed by atoms with E-state index in [1.54, 1.807) is 29.2 Å². The average Bonchev–Trinajstić information content (AvgIpc) is 3.19. The van der Waals surface area contributed by atoms with Crippen LogP contribution < -0.4 is 15.7 Å². The molecule has 0 aliphatic heterocycles. The van der Waals surface area contributed by atoms with Crippen molar-refractivity contribution in [1.82, 2.24) is 9.55 Å². The zero-order valence-electron chi connectivity index (χ0n) is 17.2. The van der Waals surface area contributed by atoms with Crippen molar-refractivity contribution in [3.8, 4) is 11.4 Å². The molecule has 31 heavy (non-hydrogen) atoms. The molecular weight excluding hydrogens is 408 g/mol. The number of benzene rings is 2. The number of rotatable bonds is 5. The number of anilines is 1. The van der Waals surface area contributed by atoms with Gasteiger partial charge >= 0.3 is 0 Å². The molecule has 2 aromatic heterocycles. The third-order valence-electron chi connectivity index (χ3n) is 5.50. The Labute approximate surface area is 183 Å². The van der Waals surface area contributed by atoms with Crippen LogP contribution in [0, 0.1) is 0 Å². The molecule has 0 saturated heterocycles. The minimum atomic E-state index is -0.0630. The van der Waals surface area contributed by atoms with Gasteiger partial charge in [-0.3, -0.25) is 4.79 Å². The highest BCUT2D eigenvalue weighted by Gasteiger charge is 2.22. The first kappa shape index (κ1) is 19.5. The van der Waals surface area contributed by atoms with Gasteiger partial charge in [0, 0.05) is 4.88 Å². The summed E-state index contributed by atoms with van der Waals surface area (Å²) in [5.74, 6) is 1.13. The van der Waals surface area contributed by atoms with Crippen LogP contribution in [0.1, 0.15) is 28.8 Å². The van der Waals surface area contributed by atoms with E-state index in [1.165, 1.54) is 16.9 Å². The Bertz CT molecular complexity index is 1310. The summed E-state index contributed by atoms with van der Waals surface area (Å²) in [5, 5.41) is 5.09. The van der Waals surface area contributed by atoms with Gasteiger partial charge in [-0.15, -0.1) is 11.3 Å². The number of hydrogen-bond acceptors (Lipinski definition) is 6. The summed E-state index contributed by atoms with van der Waals surface area (Å²) in [6.07, 6.45) is 5.95. The highest BCUT2D eigenvalue weighted by molar-refractivity contribution is 7.18. The molecule has 0 bridgehead atoms. The minimum absolute atomic E-state index is 0.0630. The number of nitrogens with one attached hydrogen (secondary N) is 1. The third-order valence-corrected chi connectivity index (χ3v) is 6.68. The maximum absolute atomic E-state index is 13.7. The number of thiophene rings is 1. The number of fused-ring (bicyclic) bond motifs is 3. The van der Waals surface area contributed by atoms with Crippen LogP contribution in [0.2, 0.25) is 0 Å². The monoisotopic (exact) mass is 430 g/mol. The lowest BCUT2D eigenvalue weighted by Crippen LogP contribution is -2.23. The number of hydrogen-bond donors (Lipinski definition) is 1. The van der Waals surface area contributed by atoms with Gasteiger partial charge in [-0.05, 0) is 61.1 Å². The molecule has 6 nitrogen and oxygen atoms in total.